The van der Waals surface area contributed by atoms with E-state index in [1.54, 1.807) is 18.3 Å². The lowest BCUT2D eigenvalue weighted by Crippen LogP contribution is -2.29. The smallest absolute Gasteiger partial charge is 0.267 e. The summed E-state index contributed by atoms with van der Waals surface area (Å²) in [5.74, 6) is 0.131. The zero-order chi connectivity index (χ0) is 16.9. The van der Waals surface area contributed by atoms with Crippen LogP contribution in [0, 0.1) is 6.92 Å². The van der Waals surface area contributed by atoms with Gasteiger partial charge in [0.1, 0.15) is 12.4 Å². The van der Waals surface area contributed by atoms with Crippen molar-refractivity contribution in [2.45, 2.75) is 13.5 Å². The molecule has 3 aromatic rings. The van der Waals surface area contributed by atoms with Gasteiger partial charge in [-0.05, 0) is 24.6 Å². The molecular weight excluding hydrogens is 304 g/mol. The SMILES string of the molecule is Cc1cccnc1NC(=O)Cn1nc(-c2ccccc2)ccc1=O. The summed E-state index contributed by atoms with van der Waals surface area (Å²) in [5, 5.41) is 6.96. The quantitative estimate of drug-likeness (QED) is 0.800. The zero-order valence-corrected chi connectivity index (χ0v) is 13.1. The van der Waals surface area contributed by atoms with Crippen molar-refractivity contribution in [2.24, 2.45) is 0 Å². The third-order valence-corrected chi connectivity index (χ3v) is 3.50. The average molecular weight is 320 g/mol. The van der Waals surface area contributed by atoms with Gasteiger partial charge in [0.2, 0.25) is 5.91 Å². The highest BCUT2D eigenvalue weighted by molar-refractivity contribution is 5.90. The molecule has 0 saturated heterocycles. The van der Waals surface area contributed by atoms with Crippen LogP contribution in [0.25, 0.3) is 11.3 Å². The monoisotopic (exact) mass is 320 g/mol. The molecule has 0 unspecified atom stereocenters. The number of rotatable bonds is 4. The van der Waals surface area contributed by atoms with Gasteiger partial charge in [0.25, 0.3) is 5.56 Å². The Morgan fingerprint density at radius 3 is 2.62 bits per heavy atom. The summed E-state index contributed by atoms with van der Waals surface area (Å²) in [5.41, 5.74) is 2.04. The van der Waals surface area contributed by atoms with Gasteiger partial charge in [0, 0.05) is 17.8 Å². The molecule has 0 fully saturated rings. The number of anilines is 1. The lowest BCUT2D eigenvalue weighted by Gasteiger charge is -2.09. The molecule has 6 nitrogen and oxygen atoms in total. The van der Waals surface area contributed by atoms with E-state index < -0.39 is 0 Å². The minimum atomic E-state index is -0.350. The van der Waals surface area contributed by atoms with Gasteiger partial charge in [-0.25, -0.2) is 9.67 Å². The van der Waals surface area contributed by atoms with Crippen LogP contribution in [0.1, 0.15) is 5.56 Å². The van der Waals surface area contributed by atoms with Crippen LogP contribution in [0.15, 0.2) is 65.6 Å². The van der Waals surface area contributed by atoms with Crippen molar-refractivity contribution in [3.63, 3.8) is 0 Å². The summed E-state index contributed by atoms with van der Waals surface area (Å²) >= 11 is 0. The third-order valence-electron chi connectivity index (χ3n) is 3.50. The second-order valence-corrected chi connectivity index (χ2v) is 5.30. The van der Waals surface area contributed by atoms with E-state index in [1.165, 1.54) is 6.07 Å². The summed E-state index contributed by atoms with van der Waals surface area (Å²) in [7, 11) is 0. The van der Waals surface area contributed by atoms with E-state index in [0.717, 1.165) is 15.8 Å². The predicted molar refractivity (Wildman–Crippen MR) is 91.5 cm³/mol. The lowest BCUT2D eigenvalue weighted by molar-refractivity contribution is -0.117. The fourth-order valence-electron chi connectivity index (χ4n) is 2.25. The highest BCUT2D eigenvalue weighted by Gasteiger charge is 2.09. The van der Waals surface area contributed by atoms with Crippen LogP contribution in [-0.4, -0.2) is 20.7 Å². The first-order valence-corrected chi connectivity index (χ1v) is 7.48. The molecule has 0 aliphatic rings. The van der Waals surface area contributed by atoms with Crippen molar-refractivity contribution in [1.29, 1.82) is 0 Å². The first kappa shape index (κ1) is 15.6. The summed E-state index contributed by atoms with van der Waals surface area (Å²) < 4.78 is 1.15. The number of amides is 1. The Labute approximate surface area is 138 Å². The molecule has 0 atom stereocenters. The number of pyridine rings is 1. The van der Waals surface area contributed by atoms with Gasteiger partial charge in [-0.1, -0.05) is 36.4 Å². The second kappa shape index (κ2) is 6.87. The van der Waals surface area contributed by atoms with Crippen molar-refractivity contribution < 1.29 is 4.79 Å². The van der Waals surface area contributed by atoms with Crippen LogP contribution < -0.4 is 10.9 Å². The van der Waals surface area contributed by atoms with E-state index in [9.17, 15) is 9.59 Å². The van der Waals surface area contributed by atoms with E-state index in [2.05, 4.69) is 15.4 Å². The molecule has 1 amide bonds. The molecule has 120 valence electrons. The number of nitrogens with one attached hydrogen (secondary N) is 1. The van der Waals surface area contributed by atoms with E-state index in [-0.39, 0.29) is 18.0 Å². The van der Waals surface area contributed by atoms with Crippen molar-refractivity contribution >= 4 is 11.7 Å². The van der Waals surface area contributed by atoms with Crippen LogP contribution in [0.3, 0.4) is 0 Å². The van der Waals surface area contributed by atoms with Gasteiger partial charge in [-0.15, -0.1) is 0 Å². The molecular formula is C18H16N4O2. The lowest BCUT2D eigenvalue weighted by atomic mass is 10.1. The Kier molecular flexibility index (Phi) is 4.47. The van der Waals surface area contributed by atoms with Crippen LogP contribution >= 0.6 is 0 Å². The minimum absolute atomic E-state index is 0.171. The topological polar surface area (TPSA) is 76.9 Å². The molecule has 0 saturated carbocycles. The van der Waals surface area contributed by atoms with Crippen LogP contribution in [0.4, 0.5) is 5.82 Å². The van der Waals surface area contributed by atoms with Crippen molar-refractivity contribution in [3.8, 4) is 11.3 Å². The maximum absolute atomic E-state index is 12.2. The largest absolute Gasteiger partial charge is 0.309 e. The van der Waals surface area contributed by atoms with Gasteiger partial charge in [0.15, 0.2) is 0 Å². The molecule has 2 heterocycles. The van der Waals surface area contributed by atoms with Gasteiger partial charge in [-0.3, -0.25) is 9.59 Å². The van der Waals surface area contributed by atoms with Crippen molar-refractivity contribution in [1.82, 2.24) is 14.8 Å². The summed E-state index contributed by atoms with van der Waals surface area (Å²) in [6.07, 6.45) is 1.60. The average Bonchev–Trinajstić information content (AvgIpc) is 2.60. The maximum Gasteiger partial charge on any atom is 0.267 e. The Morgan fingerprint density at radius 1 is 1.08 bits per heavy atom. The first-order chi connectivity index (χ1) is 11.6. The maximum atomic E-state index is 12.2. The third kappa shape index (κ3) is 3.55. The van der Waals surface area contributed by atoms with E-state index in [1.807, 2.05) is 43.3 Å². The molecule has 24 heavy (non-hydrogen) atoms. The Hall–Kier alpha value is -3.28. The van der Waals surface area contributed by atoms with Crippen molar-refractivity contribution in [2.75, 3.05) is 5.32 Å². The Bertz CT molecular complexity index is 920. The molecule has 0 aliphatic carbocycles. The van der Waals surface area contributed by atoms with Crippen molar-refractivity contribution in [3.05, 3.63) is 76.7 Å². The first-order valence-electron chi connectivity index (χ1n) is 7.48. The number of aryl methyl sites for hydroxylation is 1. The molecule has 0 aliphatic heterocycles. The molecule has 2 aromatic heterocycles. The molecule has 1 aromatic carbocycles. The Morgan fingerprint density at radius 2 is 1.88 bits per heavy atom. The summed E-state index contributed by atoms with van der Waals surface area (Å²) in [6, 6.07) is 16.2. The molecule has 1 N–H and O–H groups in total. The van der Waals surface area contributed by atoms with E-state index in [0.29, 0.717) is 11.5 Å². The van der Waals surface area contributed by atoms with Crippen LogP contribution in [0.5, 0.6) is 0 Å². The highest BCUT2D eigenvalue weighted by Crippen LogP contribution is 2.14. The van der Waals surface area contributed by atoms with E-state index in [4.69, 9.17) is 0 Å². The van der Waals surface area contributed by atoms with Crippen LogP contribution in [0.2, 0.25) is 0 Å². The molecule has 0 bridgehead atoms. The molecule has 0 spiro atoms. The molecule has 6 heteroatoms. The van der Waals surface area contributed by atoms with Gasteiger partial charge in [0.05, 0.1) is 5.69 Å². The standard InChI is InChI=1S/C18H16N4O2/c1-13-6-5-11-19-18(13)20-16(23)12-22-17(24)10-9-15(21-22)14-7-3-2-4-8-14/h2-11H,12H2,1H3,(H,19,20,23). The highest BCUT2D eigenvalue weighted by atomic mass is 16.2. The number of benzene rings is 1. The number of carbonyl (C=O) groups is 1. The number of hydrogen-bond donors (Lipinski definition) is 1. The number of aromatic nitrogens is 3. The fraction of sp³-hybridized carbons (Fsp3) is 0.111. The van der Waals surface area contributed by atoms with E-state index >= 15 is 0 Å². The number of carbonyl (C=O) groups excluding carboxylic acids is 1. The zero-order valence-electron chi connectivity index (χ0n) is 13.1. The molecule has 0 radical (unpaired) electrons. The minimum Gasteiger partial charge on any atom is -0.309 e. The number of hydrogen-bond acceptors (Lipinski definition) is 4. The predicted octanol–water partition coefficient (Wildman–Crippen LogP) is 2.25. The van der Waals surface area contributed by atoms with Gasteiger partial charge < -0.3 is 5.32 Å². The number of nitrogens with zero attached hydrogens (tertiary/aromatic N) is 3. The molecule has 3 rings (SSSR count). The van der Waals surface area contributed by atoms with Gasteiger partial charge >= 0.3 is 0 Å². The van der Waals surface area contributed by atoms with Gasteiger partial charge in [-0.2, -0.15) is 5.10 Å². The summed E-state index contributed by atoms with van der Waals surface area (Å²) in [4.78, 5) is 28.3. The van der Waals surface area contributed by atoms with Crippen LogP contribution in [-0.2, 0) is 11.3 Å². The summed E-state index contributed by atoms with van der Waals surface area (Å²) in [6.45, 7) is 1.68. The fourth-order valence-corrected chi connectivity index (χ4v) is 2.25. The second-order valence-electron chi connectivity index (χ2n) is 5.30. The Balaban J connectivity index is 1.81. The normalized spacial score (nSPS) is 10.4.